The molecule has 2 rings (SSSR count). The molecule has 1 heterocycles. The number of nitriles is 1. The van der Waals surface area contributed by atoms with Crippen molar-refractivity contribution in [1.29, 1.82) is 5.26 Å². The summed E-state index contributed by atoms with van der Waals surface area (Å²) in [6.07, 6.45) is 4.71. The monoisotopic (exact) mass is 344 g/mol. The molecule has 1 aromatic carbocycles. The fourth-order valence-corrected chi connectivity index (χ4v) is 3.44. The molecule has 1 aromatic rings. The lowest BCUT2D eigenvalue weighted by Gasteiger charge is -2.20. The molecular formula is C22H24N4. The van der Waals surface area contributed by atoms with Gasteiger partial charge in [0, 0.05) is 24.9 Å². The van der Waals surface area contributed by atoms with Crippen LogP contribution in [0.1, 0.15) is 34.7 Å². The first-order valence-electron chi connectivity index (χ1n) is 8.47. The van der Waals surface area contributed by atoms with Crippen LogP contribution in [0.25, 0.3) is 4.85 Å². The van der Waals surface area contributed by atoms with Crippen LogP contribution in [0.3, 0.4) is 0 Å². The lowest BCUT2D eigenvalue weighted by atomic mass is 9.92. The van der Waals surface area contributed by atoms with Crippen LogP contribution in [0.4, 0.5) is 5.69 Å². The van der Waals surface area contributed by atoms with Crippen molar-refractivity contribution >= 4 is 12.4 Å². The van der Waals surface area contributed by atoms with Gasteiger partial charge < -0.3 is 4.90 Å². The third-order valence-electron chi connectivity index (χ3n) is 5.47. The van der Waals surface area contributed by atoms with Crippen molar-refractivity contribution in [2.75, 3.05) is 11.9 Å². The molecule has 0 atom stereocenters. The van der Waals surface area contributed by atoms with E-state index >= 15 is 0 Å². The van der Waals surface area contributed by atoms with Crippen LogP contribution >= 0.6 is 0 Å². The molecule has 0 aromatic heterocycles. The molecule has 0 N–H and O–H groups in total. The molecule has 1 aliphatic heterocycles. The maximum atomic E-state index is 9.06. The van der Waals surface area contributed by atoms with E-state index in [0.29, 0.717) is 11.3 Å². The Kier molecular flexibility index (Phi) is 5.48. The van der Waals surface area contributed by atoms with E-state index in [-0.39, 0.29) is 5.70 Å². The number of anilines is 1. The Labute approximate surface area is 156 Å². The summed E-state index contributed by atoms with van der Waals surface area (Å²) in [6.45, 7) is 21.1. The van der Waals surface area contributed by atoms with Crippen molar-refractivity contribution in [3.63, 3.8) is 0 Å². The highest BCUT2D eigenvalue weighted by Gasteiger charge is 2.26. The van der Waals surface area contributed by atoms with Crippen LogP contribution in [-0.2, 0) is 6.42 Å². The van der Waals surface area contributed by atoms with E-state index in [1.807, 2.05) is 18.2 Å². The zero-order valence-corrected chi connectivity index (χ0v) is 16.4. The van der Waals surface area contributed by atoms with E-state index in [4.69, 9.17) is 11.8 Å². The minimum Gasteiger partial charge on any atom is -0.347 e. The predicted octanol–water partition coefficient (Wildman–Crippen LogP) is 5.10. The van der Waals surface area contributed by atoms with Gasteiger partial charge in [-0.3, -0.25) is 4.99 Å². The van der Waals surface area contributed by atoms with Crippen molar-refractivity contribution in [2.45, 2.75) is 41.0 Å². The smallest absolute Gasteiger partial charge is 0.266 e. The van der Waals surface area contributed by atoms with Crippen LogP contribution in [0.5, 0.6) is 0 Å². The van der Waals surface area contributed by atoms with E-state index in [9.17, 15) is 0 Å². The average Bonchev–Trinajstić information content (AvgIpc) is 2.96. The van der Waals surface area contributed by atoms with Gasteiger partial charge >= 0.3 is 0 Å². The van der Waals surface area contributed by atoms with Crippen LogP contribution in [0.2, 0.25) is 0 Å². The summed E-state index contributed by atoms with van der Waals surface area (Å²) in [4.78, 5) is 9.48. The summed E-state index contributed by atoms with van der Waals surface area (Å²) in [5, 5.41) is 9.06. The Bertz CT molecular complexity index is 944. The van der Waals surface area contributed by atoms with E-state index in [1.165, 1.54) is 33.5 Å². The number of allylic oxidation sites excluding steroid dienone is 5. The maximum Gasteiger partial charge on any atom is 0.266 e. The molecule has 4 heteroatoms. The molecule has 0 bridgehead atoms. The first-order chi connectivity index (χ1) is 12.3. The quantitative estimate of drug-likeness (QED) is 0.331. The van der Waals surface area contributed by atoms with Crippen molar-refractivity contribution < 1.29 is 0 Å². The van der Waals surface area contributed by atoms with Gasteiger partial charge in [0.15, 0.2) is 0 Å². The number of aliphatic imine (C=N–C) groups is 1. The first-order valence-corrected chi connectivity index (χ1v) is 8.47. The van der Waals surface area contributed by atoms with Gasteiger partial charge in [0.2, 0.25) is 0 Å². The molecule has 0 unspecified atom stereocenters. The standard InChI is InChI=1S/C22H24N4/c1-13-14(2)16(4)22-19(15(13)3)11-18(26(22)8)9-10-20(24-6)17(5)21(12-23)25-7/h9-10H,6,11H2,1-5,8H3/b18-9?,20-10?,21-17+. The molecule has 0 fully saturated rings. The number of hydrogen-bond donors (Lipinski definition) is 0. The average molecular weight is 344 g/mol. The molecule has 0 radical (unpaired) electrons. The number of fused-ring (bicyclic) bond motifs is 1. The second-order valence-electron chi connectivity index (χ2n) is 6.63. The molecule has 4 nitrogen and oxygen atoms in total. The number of benzene rings is 1. The molecular weight excluding hydrogens is 320 g/mol. The predicted molar refractivity (Wildman–Crippen MR) is 108 cm³/mol. The van der Waals surface area contributed by atoms with Crippen LogP contribution < -0.4 is 4.90 Å². The second kappa shape index (κ2) is 7.42. The summed E-state index contributed by atoms with van der Waals surface area (Å²) in [5.41, 5.74) is 10.3. The summed E-state index contributed by atoms with van der Waals surface area (Å²) in [7, 11) is 2.08. The zero-order valence-electron chi connectivity index (χ0n) is 16.4. The Morgan fingerprint density at radius 2 is 1.85 bits per heavy atom. The van der Waals surface area contributed by atoms with Gasteiger partial charge in [0.05, 0.1) is 18.3 Å². The van der Waals surface area contributed by atoms with Gasteiger partial charge in [-0.05, 0) is 86.9 Å². The largest absolute Gasteiger partial charge is 0.347 e. The number of hydrogen-bond acceptors (Lipinski definition) is 3. The fourth-order valence-electron chi connectivity index (χ4n) is 3.44. The second-order valence-corrected chi connectivity index (χ2v) is 6.63. The molecule has 0 spiro atoms. The highest BCUT2D eigenvalue weighted by Crippen LogP contribution is 2.41. The summed E-state index contributed by atoms with van der Waals surface area (Å²) < 4.78 is 0. The number of likely N-dealkylation sites (N-methyl/N-ethyl adjacent to an activating group) is 1. The van der Waals surface area contributed by atoms with E-state index < -0.39 is 0 Å². The molecule has 26 heavy (non-hydrogen) atoms. The van der Waals surface area contributed by atoms with Gasteiger partial charge in [-0.2, -0.15) is 0 Å². The first kappa shape index (κ1) is 19.2. The van der Waals surface area contributed by atoms with Gasteiger partial charge in [0.25, 0.3) is 5.70 Å². The topological polar surface area (TPSA) is 43.8 Å². The van der Waals surface area contributed by atoms with Crippen LogP contribution in [-0.4, -0.2) is 13.8 Å². The highest BCUT2D eigenvalue weighted by atomic mass is 15.1. The molecule has 1 aliphatic rings. The van der Waals surface area contributed by atoms with Crippen molar-refractivity contribution in [3.05, 3.63) is 74.1 Å². The van der Waals surface area contributed by atoms with Crippen LogP contribution in [0.15, 0.2) is 39.8 Å². The Morgan fingerprint density at radius 3 is 2.38 bits per heavy atom. The van der Waals surface area contributed by atoms with Gasteiger partial charge in [-0.25, -0.2) is 10.1 Å². The van der Waals surface area contributed by atoms with Gasteiger partial charge in [-0.15, -0.1) is 0 Å². The van der Waals surface area contributed by atoms with Crippen molar-refractivity contribution in [1.82, 2.24) is 0 Å². The van der Waals surface area contributed by atoms with Gasteiger partial charge in [-0.1, -0.05) is 0 Å². The SMILES string of the molecule is [C-]#[N+]/C(C#N)=C(\C)C(=CC=C1Cc2c(C)c(C)c(C)c(C)c2N1C)N=C. The lowest BCUT2D eigenvalue weighted by molar-refractivity contribution is 1.09. The summed E-state index contributed by atoms with van der Waals surface area (Å²) >= 11 is 0. The molecule has 0 saturated carbocycles. The third kappa shape index (κ3) is 3.07. The van der Waals surface area contributed by atoms with Crippen molar-refractivity contribution in [2.24, 2.45) is 4.99 Å². The number of nitrogens with zero attached hydrogens (tertiary/aromatic N) is 4. The molecule has 0 saturated heterocycles. The minimum absolute atomic E-state index is 0.0445. The van der Waals surface area contributed by atoms with E-state index in [2.05, 4.69) is 56.2 Å². The third-order valence-corrected chi connectivity index (χ3v) is 5.47. The van der Waals surface area contributed by atoms with Crippen molar-refractivity contribution in [3.8, 4) is 6.07 Å². The molecule has 0 amide bonds. The number of rotatable bonds is 3. The Morgan fingerprint density at radius 1 is 1.23 bits per heavy atom. The summed E-state index contributed by atoms with van der Waals surface area (Å²) in [5.74, 6) is 0. The van der Waals surface area contributed by atoms with Gasteiger partial charge in [0.1, 0.15) is 0 Å². The van der Waals surface area contributed by atoms with Crippen LogP contribution in [0, 0.1) is 45.6 Å². The van der Waals surface area contributed by atoms with E-state index in [0.717, 1.165) is 12.1 Å². The lowest BCUT2D eigenvalue weighted by Crippen LogP contribution is -2.12. The fraction of sp³-hybridized carbons (Fsp3) is 0.318. The minimum atomic E-state index is 0.0445. The Balaban J connectivity index is 2.52. The Hall–Kier alpha value is -3.11. The molecule has 0 aliphatic carbocycles. The zero-order chi connectivity index (χ0) is 19.6. The maximum absolute atomic E-state index is 9.06. The van der Waals surface area contributed by atoms with E-state index in [1.54, 1.807) is 6.92 Å². The molecule has 132 valence electrons. The summed E-state index contributed by atoms with van der Waals surface area (Å²) in [6, 6.07) is 1.91. The highest BCUT2D eigenvalue weighted by molar-refractivity contribution is 5.73. The normalized spacial score (nSPS) is 16.1.